The highest BCUT2D eigenvalue weighted by molar-refractivity contribution is 9.09. The molecule has 0 aromatic heterocycles. The molecule has 2 amide bonds. The maximum atomic E-state index is 12.2. The molecule has 0 N–H and O–H groups in total. The van der Waals surface area contributed by atoms with E-state index in [9.17, 15) is 9.59 Å². The van der Waals surface area contributed by atoms with Crippen LogP contribution in [0, 0.1) is 5.92 Å². The van der Waals surface area contributed by atoms with Gasteiger partial charge in [0.25, 0.3) is 5.91 Å². The first-order chi connectivity index (χ1) is 10.1. The molecule has 1 aromatic carbocycles. The van der Waals surface area contributed by atoms with Gasteiger partial charge in [-0.05, 0) is 29.5 Å². The van der Waals surface area contributed by atoms with Crippen LogP contribution in [0.5, 0.6) is 0 Å². The number of carbonyl (C=O) groups excluding carboxylic acids is 2. The van der Waals surface area contributed by atoms with Crippen LogP contribution in [0.4, 0.5) is 0 Å². The lowest BCUT2D eigenvalue weighted by atomic mass is 9.93. The highest BCUT2D eigenvalue weighted by atomic mass is 79.9. The van der Waals surface area contributed by atoms with Gasteiger partial charge in [0.05, 0.1) is 6.42 Å². The molecule has 1 atom stereocenters. The summed E-state index contributed by atoms with van der Waals surface area (Å²) in [6, 6.07) is 5.96. The highest BCUT2D eigenvalue weighted by Crippen LogP contribution is 2.38. The Morgan fingerprint density at radius 2 is 2.00 bits per heavy atom. The van der Waals surface area contributed by atoms with Gasteiger partial charge < -0.3 is 0 Å². The zero-order valence-corrected chi connectivity index (χ0v) is 13.9. The number of hydrogen-bond acceptors (Lipinski definition) is 2. The van der Waals surface area contributed by atoms with E-state index in [2.05, 4.69) is 22.0 Å². The number of nitrogens with zero attached hydrogens (tertiary/aromatic N) is 1. The van der Waals surface area contributed by atoms with Crippen LogP contribution in [-0.2, 0) is 11.2 Å². The molecule has 112 valence electrons. The first-order valence-electron chi connectivity index (χ1n) is 7.64. The Kier molecular flexibility index (Phi) is 4.16. The Morgan fingerprint density at radius 3 is 2.71 bits per heavy atom. The number of imide groups is 1. The number of alkyl halides is 1. The van der Waals surface area contributed by atoms with Crippen molar-refractivity contribution >= 4 is 27.7 Å². The van der Waals surface area contributed by atoms with Crippen LogP contribution in [-0.4, -0.2) is 23.8 Å². The Balaban J connectivity index is 1.82. The molecule has 3 rings (SSSR count). The van der Waals surface area contributed by atoms with Gasteiger partial charge in [-0.1, -0.05) is 53.7 Å². The number of likely N-dealkylation sites (N-methyl/N-ethyl adjacent to an activating group) is 1. The first kappa shape index (κ1) is 14.8. The summed E-state index contributed by atoms with van der Waals surface area (Å²) >= 11 is 3.78. The van der Waals surface area contributed by atoms with Gasteiger partial charge >= 0.3 is 0 Å². The molecular weight excluding hydrogens is 330 g/mol. The molecule has 4 heteroatoms. The van der Waals surface area contributed by atoms with Gasteiger partial charge in [0.1, 0.15) is 0 Å². The van der Waals surface area contributed by atoms with Crippen molar-refractivity contribution in [2.45, 2.75) is 43.4 Å². The molecule has 1 saturated carbocycles. The zero-order valence-electron chi connectivity index (χ0n) is 12.3. The molecule has 1 aliphatic heterocycles. The van der Waals surface area contributed by atoms with Crippen molar-refractivity contribution < 1.29 is 9.59 Å². The van der Waals surface area contributed by atoms with Crippen molar-refractivity contribution in [3.63, 3.8) is 0 Å². The summed E-state index contributed by atoms with van der Waals surface area (Å²) < 4.78 is 0. The summed E-state index contributed by atoms with van der Waals surface area (Å²) in [4.78, 5) is 25.5. The number of fused-ring (bicyclic) bond motifs is 1. The van der Waals surface area contributed by atoms with Gasteiger partial charge in [0.15, 0.2) is 0 Å². The predicted octanol–water partition coefficient (Wildman–Crippen LogP) is 3.86. The lowest BCUT2D eigenvalue weighted by Gasteiger charge is -2.24. The van der Waals surface area contributed by atoms with Crippen molar-refractivity contribution in [1.82, 2.24) is 4.90 Å². The number of halogens is 1. The molecule has 1 aliphatic carbocycles. The average Bonchev–Trinajstić information content (AvgIpc) is 2.97. The van der Waals surface area contributed by atoms with Crippen molar-refractivity contribution in [2.75, 3.05) is 7.05 Å². The van der Waals surface area contributed by atoms with Crippen molar-refractivity contribution in [2.24, 2.45) is 5.92 Å². The summed E-state index contributed by atoms with van der Waals surface area (Å²) in [5.74, 6) is 0.496. The predicted molar refractivity (Wildman–Crippen MR) is 85.5 cm³/mol. The van der Waals surface area contributed by atoms with Crippen molar-refractivity contribution in [1.29, 1.82) is 0 Å². The lowest BCUT2D eigenvalue weighted by Crippen LogP contribution is -2.39. The number of benzene rings is 1. The van der Waals surface area contributed by atoms with Crippen molar-refractivity contribution in [3.05, 3.63) is 34.9 Å². The SMILES string of the molecule is CN1C(=O)Cc2ccc(C(Br)CC3CCCC3)cc2C1=O. The third kappa shape index (κ3) is 2.91. The van der Waals surface area contributed by atoms with Crippen LogP contribution in [0.3, 0.4) is 0 Å². The second-order valence-corrected chi connectivity index (χ2v) is 7.31. The molecule has 0 spiro atoms. The molecule has 2 aliphatic rings. The first-order valence-corrected chi connectivity index (χ1v) is 8.55. The fourth-order valence-corrected chi connectivity index (χ4v) is 4.21. The minimum Gasteiger partial charge on any atom is -0.281 e. The van der Waals surface area contributed by atoms with Gasteiger partial charge in [-0.25, -0.2) is 0 Å². The summed E-state index contributed by atoms with van der Waals surface area (Å²) in [6.07, 6.45) is 6.79. The third-order valence-corrected chi connectivity index (χ3v) is 5.66. The van der Waals surface area contributed by atoms with Crippen LogP contribution < -0.4 is 0 Å². The van der Waals surface area contributed by atoms with Crippen LogP contribution in [0.2, 0.25) is 0 Å². The van der Waals surface area contributed by atoms with Gasteiger partial charge in [-0.3, -0.25) is 14.5 Å². The quantitative estimate of drug-likeness (QED) is 0.613. The smallest absolute Gasteiger partial charge is 0.260 e. The molecular formula is C17H20BrNO2. The van der Waals surface area contributed by atoms with Crippen LogP contribution in [0.15, 0.2) is 18.2 Å². The largest absolute Gasteiger partial charge is 0.281 e. The molecule has 0 radical (unpaired) electrons. The van der Waals surface area contributed by atoms with E-state index in [0.29, 0.717) is 16.8 Å². The van der Waals surface area contributed by atoms with Crippen LogP contribution in [0.25, 0.3) is 0 Å². The Morgan fingerprint density at radius 1 is 1.29 bits per heavy atom. The lowest BCUT2D eigenvalue weighted by molar-refractivity contribution is -0.127. The molecule has 1 unspecified atom stereocenters. The second kappa shape index (κ2) is 5.91. The topological polar surface area (TPSA) is 37.4 Å². The van der Waals surface area contributed by atoms with Gasteiger partial charge in [-0.15, -0.1) is 0 Å². The van der Waals surface area contributed by atoms with Crippen LogP contribution >= 0.6 is 15.9 Å². The summed E-state index contributed by atoms with van der Waals surface area (Å²) in [5.41, 5.74) is 2.69. The summed E-state index contributed by atoms with van der Waals surface area (Å²) in [7, 11) is 1.56. The summed E-state index contributed by atoms with van der Waals surface area (Å²) in [6.45, 7) is 0. The number of hydrogen-bond donors (Lipinski definition) is 0. The number of carbonyl (C=O) groups is 2. The van der Waals surface area contributed by atoms with E-state index in [1.807, 2.05) is 12.1 Å². The van der Waals surface area contributed by atoms with Crippen molar-refractivity contribution in [3.8, 4) is 0 Å². The Hall–Kier alpha value is -1.16. The van der Waals surface area contributed by atoms with E-state index in [1.54, 1.807) is 7.05 Å². The maximum absolute atomic E-state index is 12.2. The molecule has 1 aromatic rings. The minimum atomic E-state index is -0.177. The van der Waals surface area contributed by atoms with Gasteiger partial charge in [-0.2, -0.15) is 0 Å². The zero-order chi connectivity index (χ0) is 15.0. The molecule has 1 fully saturated rings. The average molecular weight is 350 g/mol. The van der Waals surface area contributed by atoms with E-state index >= 15 is 0 Å². The molecule has 1 heterocycles. The monoisotopic (exact) mass is 349 g/mol. The highest BCUT2D eigenvalue weighted by Gasteiger charge is 2.29. The van der Waals surface area contributed by atoms with E-state index in [-0.39, 0.29) is 11.8 Å². The normalized spacial score (nSPS) is 20.8. The minimum absolute atomic E-state index is 0.124. The standard InChI is InChI=1S/C17H20BrNO2/c1-19-16(20)10-12-6-7-13(9-14(12)17(19)21)15(18)8-11-4-2-3-5-11/h6-7,9,11,15H,2-5,8,10H2,1H3. The molecule has 0 saturated heterocycles. The maximum Gasteiger partial charge on any atom is 0.260 e. The Bertz CT molecular complexity index is 578. The van der Waals surface area contributed by atoms with Crippen LogP contribution in [0.1, 0.15) is 58.4 Å². The fourth-order valence-electron chi connectivity index (χ4n) is 3.39. The molecule has 3 nitrogen and oxygen atoms in total. The number of rotatable bonds is 3. The number of amides is 2. The molecule has 21 heavy (non-hydrogen) atoms. The van der Waals surface area contributed by atoms with E-state index in [0.717, 1.165) is 23.5 Å². The molecule has 0 bridgehead atoms. The Labute approximate surface area is 133 Å². The van der Waals surface area contributed by atoms with E-state index < -0.39 is 0 Å². The van der Waals surface area contributed by atoms with Gasteiger partial charge in [0, 0.05) is 17.4 Å². The summed E-state index contributed by atoms with van der Waals surface area (Å²) in [5, 5.41) is 0. The van der Waals surface area contributed by atoms with Gasteiger partial charge in [0.2, 0.25) is 5.91 Å². The van der Waals surface area contributed by atoms with E-state index in [4.69, 9.17) is 0 Å². The fraction of sp³-hybridized carbons (Fsp3) is 0.529. The second-order valence-electron chi connectivity index (χ2n) is 6.20. The van der Waals surface area contributed by atoms with E-state index in [1.165, 1.54) is 30.6 Å². The third-order valence-electron chi connectivity index (χ3n) is 4.76.